The van der Waals surface area contributed by atoms with Gasteiger partial charge in [-0.15, -0.1) is 0 Å². The molecule has 502 valence electrons. The van der Waals surface area contributed by atoms with Crippen molar-refractivity contribution >= 4 is 87.7 Å². The molecule has 0 aliphatic carbocycles. The van der Waals surface area contributed by atoms with Gasteiger partial charge < -0.3 is 73.5 Å². The molecule has 0 saturated heterocycles. The number of guanidine groups is 1. The van der Waals surface area contributed by atoms with Crippen LogP contribution in [0.1, 0.15) is 129 Å². The van der Waals surface area contributed by atoms with Gasteiger partial charge in [-0.3, -0.25) is 48.3 Å². The molecule has 14 N–H and O–H groups in total. The smallest absolute Gasteiger partial charge is 0.508 e. The van der Waals surface area contributed by atoms with Gasteiger partial charge in [-0.1, -0.05) is 57.0 Å². The first kappa shape index (κ1) is 77.0. The highest BCUT2D eigenvalue weighted by Crippen LogP contribution is 2.25. The number of carboxylic acids is 1. The SMILES string of the molecule is CCN(CCCC(C)Cc1ccnc2cc(Cl)ccc12)CCOC(=O)OC/C=C/COC(=O)N[C@@H](CCC(N)=O)C(=O)C[C@@H](CCCCN)C(=O)N[C@@H](CCCN=C(N)N)C(=O)C[C@@H](C)C(=O)N[C@@H](C)C(=O)C[C@@H](Cc1ccc(O)cc1)C(=O)N[C@H](C)CC(=O)O. The van der Waals surface area contributed by atoms with Gasteiger partial charge >= 0.3 is 18.2 Å². The number of phenolic OH excluding ortho intramolecular Hbond substituents is 1. The van der Waals surface area contributed by atoms with Crippen LogP contribution in [0.15, 0.2) is 71.9 Å². The fourth-order valence-corrected chi connectivity index (χ4v) is 10.1. The second-order valence-corrected chi connectivity index (χ2v) is 23.3. The molecule has 0 saturated carbocycles. The van der Waals surface area contributed by atoms with E-state index >= 15 is 0 Å². The number of aliphatic carboxylic acids is 1. The molecule has 0 radical (unpaired) electrons. The maximum atomic E-state index is 14.2. The Balaban J connectivity index is 1.56. The maximum Gasteiger partial charge on any atom is 0.508 e. The van der Waals surface area contributed by atoms with E-state index in [1.165, 1.54) is 50.6 Å². The van der Waals surface area contributed by atoms with Crippen LogP contribution in [0.25, 0.3) is 10.9 Å². The molecule has 1 unspecified atom stereocenters. The molecule has 0 spiro atoms. The first-order valence-corrected chi connectivity index (χ1v) is 31.3. The first-order chi connectivity index (χ1) is 43.3. The van der Waals surface area contributed by atoms with Crippen molar-refractivity contribution in [3.8, 4) is 5.75 Å². The number of carbonyl (C=O) groups is 10. The number of ether oxygens (including phenoxy) is 3. The van der Waals surface area contributed by atoms with Crippen LogP contribution in [-0.4, -0.2) is 162 Å². The number of nitrogens with one attached hydrogen (secondary N) is 4. The Labute approximate surface area is 537 Å². The van der Waals surface area contributed by atoms with Gasteiger partial charge in [0.25, 0.3) is 0 Å². The van der Waals surface area contributed by atoms with E-state index in [4.69, 9.17) is 48.7 Å². The molecule has 1 aromatic heterocycles. The molecule has 8 atom stereocenters. The lowest BCUT2D eigenvalue weighted by Gasteiger charge is -2.25. The van der Waals surface area contributed by atoms with Crippen molar-refractivity contribution in [2.45, 2.75) is 155 Å². The molecule has 26 nitrogen and oxygen atoms in total. The Morgan fingerprint density at radius 2 is 1.36 bits per heavy atom. The average Bonchev–Trinajstić information content (AvgIpc) is 2.09. The van der Waals surface area contributed by atoms with E-state index in [9.17, 15) is 58.2 Å². The number of aliphatic imine (C=N–C) groups is 1. The number of benzene rings is 2. The Morgan fingerprint density at radius 1 is 0.692 bits per heavy atom. The highest BCUT2D eigenvalue weighted by molar-refractivity contribution is 6.31. The minimum absolute atomic E-state index is 0.00625. The van der Waals surface area contributed by atoms with Crippen LogP contribution in [0.3, 0.4) is 0 Å². The number of aromatic nitrogens is 1. The van der Waals surface area contributed by atoms with Crippen LogP contribution in [0.2, 0.25) is 5.02 Å². The topological polar surface area (TPSA) is 420 Å². The number of aromatic hydroxyl groups is 1. The van der Waals surface area contributed by atoms with Gasteiger partial charge in [-0.2, -0.15) is 0 Å². The number of nitrogens with two attached hydrogens (primary N) is 4. The van der Waals surface area contributed by atoms with E-state index in [0.29, 0.717) is 35.9 Å². The van der Waals surface area contributed by atoms with E-state index in [2.05, 4.69) is 43.1 Å². The second kappa shape index (κ2) is 41.9. The van der Waals surface area contributed by atoms with Crippen LogP contribution in [-0.2, 0) is 65.4 Å². The number of halogens is 1. The molecule has 91 heavy (non-hydrogen) atoms. The number of hydrogen-bond donors (Lipinski definition) is 10. The van der Waals surface area contributed by atoms with Gasteiger partial charge in [0, 0.05) is 79.2 Å². The van der Waals surface area contributed by atoms with Crippen LogP contribution >= 0.6 is 11.6 Å². The van der Waals surface area contributed by atoms with Crippen molar-refractivity contribution in [2.75, 3.05) is 52.5 Å². The summed E-state index contributed by atoms with van der Waals surface area (Å²) in [6.45, 7) is 10.7. The number of carbonyl (C=O) groups excluding carboxylic acids is 9. The van der Waals surface area contributed by atoms with E-state index < -0.39 is 114 Å². The Morgan fingerprint density at radius 3 is 2.03 bits per heavy atom. The fourth-order valence-electron chi connectivity index (χ4n) is 9.98. The number of primary amides is 1. The highest BCUT2D eigenvalue weighted by atomic mass is 35.5. The first-order valence-electron chi connectivity index (χ1n) is 30.9. The lowest BCUT2D eigenvalue weighted by molar-refractivity contribution is -0.138. The summed E-state index contributed by atoms with van der Waals surface area (Å²) in [5, 5.41) is 31.2. The third kappa shape index (κ3) is 31.4. The monoisotopic (exact) mass is 1290 g/mol. The summed E-state index contributed by atoms with van der Waals surface area (Å²) in [6, 6.07) is 9.35. The summed E-state index contributed by atoms with van der Waals surface area (Å²) in [6.07, 6.45) is 4.71. The molecular weight excluding hydrogens is 1200 g/mol. The normalized spacial score (nSPS) is 13.9. The summed E-state index contributed by atoms with van der Waals surface area (Å²) >= 11 is 6.16. The molecule has 0 fully saturated rings. The standard InChI is InChI=1S/C64H94ClN11O15/c1-6-76(28-12-13-40(2)33-45-24-27-70-53-39-48(65)18-21-50(45)53)29-32-91-64(88)90-31-10-9-30-89-63(87)75-52(22-23-57(67)81)56(80)37-46(14-7-8-25-66)60(85)74-51(15-11-26-71-62(68)69)55(79)34-41(3)59(84)73-43(5)54(78)38-47(36-44-16-19-49(77)20-17-44)61(86)72-42(4)35-58(82)83/h9-10,16-21,24,27,39-43,46-47,51-52,77H,6-8,11-15,22-23,25-26,28-38,66H2,1-5H3,(H2,67,81)(H,72,86)(H,73,84)(H,74,85)(H,75,87)(H,82,83)(H4,68,69,71)/b10-9+/t40?,41-,42-,43+,46-,47-,51+,52+/m1/s1. The lowest BCUT2D eigenvalue weighted by atomic mass is 9.90. The van der Waals surface area contributed by atoms with Crippen LogP contribution < -0.4 is 44.2 Å². The largest absolute Gasteiger partial charge is 0.508 e. The van der Waals surface area contributed by atoms with E-state index in [0.717, 1.165) is 43.3 Å². The zero-order chi connectivity index (χ0) is 67.4. The van der Waals surface area contributed by atoms with Crippen molar-refractivity contribution < 1.29 is 72.4 Å². The van der Waals surface area contributed by atoms with E-state index in [1.807, 2.05) is 37.4 Å². The number of unbranched alkanes of at least 4 members (excludes halogenated alkanes) is 1. The van der Waals surface area contributed by atoms with E-state index in [-0.39, 0.29) is 96.0 Å². The van der Waals surface area contributed by atoms with Crippen molar-refractivity contribution in [2.24, 2.45) is 51.6 Å². The number of phenols is 1. The Kier molecular flexibility index (Phi) is 35.5. The van der Waals surface area contributed by atoms with Crippen LogP contribution in [0.5, 0.6) is 5.75 Å². The van der Waals surface area contributed by atoms with Crippen molar-refractivity contribution in [3.63, 3.8) is 0 Å². The number of likely N-dealkylation sites (N-methyl/N-ethyl adjacent to an activating group) is 1. The van der Waals surface area contributed by atoms with Crippen molar-refractivity contribution in [1.29, 1.82) is 0 Å². The highest BCUT2D eigenvalue weighted by Gasteiger charge is 2.33. The molecule has 27 heteroatoms. The van der Waals surface area contributed by atoms with Crippen LogP contribution in [0.4, 0.5) is 9.59 Å². The summed E-state index contributed by atoms with van der Waals surface area (Å²) in [7, 11) is 0. The number of Topliss-reactive ketones (excluding diaryl/α,β-unsaturated/α-hetero) is 3. The van der Waals surface area contributed by atoms with Gasteiger partial charge in [-0.25, -0.2) is 9.59 Å². The summed E-state index contributed by atoms with van der Waals surface area (Å²) in [4.78, 5) is 142. The minimum atomic E-state index is -1.33. The Bertz CT molecular complexity index is 2930. The number of ketones is 3. The maximum absolute atomic E-state index is 14.2. The molecule has 0 aliphatic rings. The lowest BCUT2D eigenvalue weighted by Crippen LogP contribution is -2.47. The zero-order valence-corrected chi connectivity index (χ0v) is 53.7. The van der Waals surface area contributed by atoms with Gasteiger partial charge in [-0.05, 0) is 151 Å². The second-order valence-electron chi connectivity index (χ2n) is 22.9. The van der Waals surface area contributed by atoms with Gasteiger partial charge in [0.1, 0.15) is 25.6 Å². The molecule has 0 aliphatic heterocycles. The molecule has 0 bridgehead atoms. The minimum Gasteiger partial charge on any atom is -0.508 e. The summed E-state index contributed by atoms with van der Waals surface area (Å²) in [5.74, 6) is -8.51. The van der Waals surface area contributed by atoms with Crippen molar-refractivity contribution in [3.05, 3.63) is 83.0 Å². The number of amides is 5. The molecule has 3 rings (SSSR count). The quantitative estimate of drug-likeness (QED) is 0.0116. The molecular formula is C64H94ClN11O15. The third-order valence-electron chi connectivity index (χ3n) is 15.1. The summed E-state index contributed by atoms with van der Waals surface area (Å²) in [5.41, 5.74) is 24.9. The molecule has 5 amide bonds. The summed E-state index contributed by atoms with van der Waals surface area (Å²) < 4.78 is 15.6. The predicted octanol–water partition coefficient (Wildman–Crippen LogP) is 5.08. The molecule has 3 aromatic rings. The van der Waals surface area contributed by atoms with Crippen LogP contribution in [0, 0.1) is 23.7 Å². The number of nitrogens with zero attached hydrogens (tertiary/aromatic N) is 3. The van der Waals surface area contributed by atoms with Crippen molar-refractivity contribution in [1.82, 2.24) is 31.2 Å². The number of pyridine rings is 1. The third-order valence-corrected chi connectivity index (χ3v) is 15.4. The van der Waals surface area contributed by atoms with Gasteiger partial charge in [0.15, 0.2) is 23.3 Å². The number of fused-ring (bicyclic) bond motifs is 1. The molecule has 1 heterocycles. The molecule has 2 aromatic carbocycles. The number of alkyl carbamates (subject to hydrolysis) is 1. The zero-order valence-electron chi connectivity index (χ0n) is 53.0. The average molecular weight is 1290 g/mol. The van der Waals surface area contributed by atoms with Gasteiger partial charge in [0.05, 0.1) is 30.1 Å². The number of rotatable bonds is 45. The van der Waals surface area contributed by atoms with Gasteiger partial charge in [0.2, 0.25) is 23.6 Å². The number of carboxylic acid groups (broad SMARTS) is 1. The van der Waals surface area contributed by atoms with E-state index in [1.54, 1.807) is 12.1 Å². The predicted molar refractivity (Wildman–Crippen MR) is 343 cm³/mol. The Hall–Kier alpha value is -8.23. The number of hydrogen-bond acceptors (Lipinski definition) is 18. The fraction of sp³-hybridized carbons (Fsp3) is 0.562.